The molecule has 0 aromatic carbocycles. The molecule has 2 aromatic heterocycles. The van der Waals surface area contributed by atoms with Crippen LogP contribution in [-0.2, 0) is 23.1 Å². The van der Waals surface area contributed by atoms with Crippen LogP contribution >= 0.6 is 11.3 Å². The number of rotatable bonds is 7. The van der Waals surface area contributed by atoms with Gasteiger partial charge in [0.25, 0.3) is 0 Å². The SMILES string of the molecule is CCNCc1cc(S(=O)(=O)NCc2cncs2)c(C)o1. The van der Waals surface area contributed by atoms with Gasteiger partial charge in [-0.2, -0.15) is 0 Å². The summed E-state index contributed by atoms with van der Waals surface area (Å²) in [6, 6.07) is 1.56. The van der Waals surface area contributed by atoms with Crippen LogP contribution in [0.4, 0.5) is 0 Å². The van der Waals surface area contributed by atoms with E-state index in [9.17, 15) is 8.42 Å². The Balaban J connectivity index is 2.10. The molecule has 20 heavy (non-hydrogen) atoms. The highest BCUT2D eigenvalue weighted by Crippen LogP contribution is 2.20. The normalized spacial score (nSPS) is 11.9. The number of aryl methyl sites for hydroxylation is 1. The van der Waals surface area contributed by atoms with Crippen LogP contribution in [0.2, 0.25) is 0 Å². The van der Waals surface area contributed by atoms with Gasteiger partial charge in [-0.1, -0.05) is 6.92 Å². The number of furan rings is 1. The topological polar surface area (TPSA) is 84.2 Å². The molecule has 0 atom stereocenters. The second kappa shape index (κ2) is 6.49. The van der Waals surface area contributed by atoms with E-state index in [1.165, 1.54) is 11.3 Å². The van der Waals surface area contributed by atoms with Crippen molar-refractivity contribution < 1.29 is 12.8 Å². The standard InChI is InChI=1S/C12H17N3O3S2/c1-3-13-5-10-4-12(9(2)18-10)20(16,17)15-7-11-6-14-8-19-11/h4,6,8,13,15H,3,5,7H2,1-2H3. The lowest BCUT2D eigenvalue weighted by atomic mass is 10.4. The molecule has 0 aliphatic heterocycles. The van der Waals surface area contributed by atoms with Gasteiger partial charge < -0.3 is 9.73 Å². The number of nitrogens with zero attached hydrogens (tertiary/aromatic N) is 1. The van der Waals surface area contributed by atoms with Gasteiger partial charge in [-0.15, -0.1) is 11.3 Å². The Labute approximate surface area is 122 Å². The minimum Gasteiger partial charge on any atom is -0.464 e. The lowest BCUT2D eigenvalue weighted by molar-refractivity contribution is 0.460. The van der Waals surface area contributed by atoms with Gasteiger partial charge in [0.05, 0.1) is 12.1 Å². The molecular formula is C12H17N3O3S2. The van der Waals surface area contributed by atoms with E-state index in [4.69, 9.17) is 4.42 Å². The molecule has 0 radical (unpaired) electrons. The van der Waals surface area contributed by atoms with Crippen LogP contribution in [-0.4, -0.2) is 19.9 Å². The monoisotopic (exact) mass is 315 g/mol. The molecule has 0 unspecified atom stereocenters. The Morgan fingerprint density at radius 2 is 2.20 bits per heavy atom. The third-order valence-electron chi connectivity index (χ3n) is 2.68. The first-order valence-electron chi connectivity index (χ1n) is 6.20. The van der Waals surface area contributed by atoms with Gasteiger partial charge in [-0.3, -0.25) is 4.98 Å². The Morgan fingerprint density at radius 3 is 2.85 bits per heavy atom. The van der Waals surface area contributed by atoms with Crippen LogP contribution in [0.3, 0.4) is 0 Å². The minimum absolute atomic E-state index is 0.190. The number of hydrogen-bond acceptors (Lipinski definition) is 6. The van der Waals surface area contributed by atoms with Crippen LogP contribution < -0.4 is 10.0 Å². The predicted molar refractivity (Wildman–Crippen MR) is 77.0 cm³/mol. The first-order valence-corrected chi connectivity index (χ1v) is 8.56. The number of thiazole rings is 1. The molecule has 0 fully saturated rings. The largest absolute Gasteiger partial charge is 0.464 e. The Bertz CT molecular complexity index is 648. The summed E-state index contributed by atoms with van der Waals surface area (Å²) in [4.78, 5) is 4.96. The van der Waals surface area contributed by atoms with Gasteiger partial charge in [0, 0.05) is 23.7 Å². The van der Waals surface area contributed by atoms with Crippen molar-refractivity contribution in [3.05, 3.63) is 34.2 Å². The van der Waals surface area contributed by atoms with Gasteiger partial charge in [-0.25, -0.2) is 13.1 Å². The van der Waals surface area contributed by atoms with Crippen molar-refractivity contribution >= 4 is 21.4 Å². The lowest BCUT2D eigenvalue weighted by Gasteiger charge is -2.03. The maximum absolute atomic E-state index is 12.2. The summed E-state index contributed by atoms with van der Waals surface area (Å²) < 4.78 is 32.5. The second-order valence-corrected chi connectivity index (χ2v) is 6.91. The summed E-state index contributed by atoms with van der Waals surface area (Å²) in [5.41, 5.74) is 1.67. The van der Waals surface area contributed by atoms with Gasteiger partial charge in [0.15, 0.2) is 0 Å². The molecule has 0 saturated carbocycles. The summed E-state index contributed by atoms with van der Waals surface area (Å²) in [6.45, 7) is 5.17. The fourth-order valence-electron chi connectivity index (χ4n) is 1.70. The molecule has 0 saturated heterocycles. The molecule has 2 aromatic rings. The average molecular weight is 315 g/mol. The van der Waals surface area contributed by atoms with E-state index in [1.807, 2.05) is 6.92 Å². The van der Waals surface area contributed by atoms with E-state index in [-0.39, 0.29) is 11.4 Å². The molecule has 8 heteroatoms. The highest BCUT2D eigenvalue weighted by molar-refractivity contribution is 7.89. The van der Waals surface area contributed by atoms with Crippen molar-refractivity contribution in [3.63, 3.8) is 0 Å². The van der Waals surface area contributed by atoms with E-state index >= 15 is 0 Å². The third-order valence-corrected chi connectivity index (χ3v) is 4.97. The zero-order valence-corrected chi connectivity index (χ0v) is 13.0. The van der Waals surface area contributed by atoms with Crippen molar-refractivity contribution in [2.45, 2.75) is 31.8 Å². The Hall–Kier alpha value is -1.22. The quantitative estimate of drug-likeness (QED) is 0.811. The summed E-state index contributed by atoms with van der Waals surface area (Å²) in [5, 5.41) is 3.10. The maximum atomic E-state index is 12.2. The number of nitrogens with one attached hydrogen (secondary N) is 2. The van der Waals surface area contributed by atoms with Crippen LogP contribution in [0.25, 0.3) is 0 Å². The maximum Gasteiger partial charge on any atom is 0.244 e. The minimum atomic E-state index is -3.56. The highest BCUT2D eigenvalue weighted by atomic mass is 32.2. The zero-order chi connectivity index (χ0) is 14.6. The third kappa shape index (κ3) is 3.66. The van der Waals surface area contributed by atoms with Crippen LogP contribution in [0.15, 0.2) is 27.1 Å². The van der Waals surface area contributed by atoms with Crippen molar-refractivity contribution in [2.75, 3.05) is 6.54 Å². The fourth-order valence-corrected chi connectivity index (χ4v) is 3.53. The van der Waals surface area contributed by atoms with Crippen LogP contribution in [0.5, 0.6) is 0 Å². The molecule has 2 N–H and O–H groups in total. The van der Waals surface area contributed by atoms with Gasteiger partial charge in [-0.05, 0) is 13.5 Å². The number of sulfonamides is 1. The molecule has 2 rings (SSSR count). The second-order valence-electron chi connectivity index (χ2n) is 4.21. The first-order chi connectivity index (χ1) is 9.53. The Kier molecular flexibility index (Phi) is 4.92. The van der Waals surface area contributed by atoms with Crippen LogP contribution in [0, 0.1) is 6.92 Å². The van der Waals surface area contributed by atoms with Crippen molar-refractivity contribution in [2.24, 2.45) is 0 Å². The fraction of sp³-hybridized carbons (Fsp3) is 0.417. The molecule has 0 bridgehead atoms. The van der Waals surface area contributed by atoms with E-state index in [1.54, 1.807) is 24.7 Å². The van der Waals surface area contributed by atoms with Crippen molar-refractivity contribution in [1.82, 2.24) is 15.0 Å². The van der Waals surface area contributed by atoms with E-state index in [0.29, 0.717) is 18.1 Å². The predicted octanol–water partition coefficient (Wildman–Crippen LogP) is 1.63. The van der Waals surface area contributed by atoms with E-state index < -0.39 is 10.0 Å². The van der Waals surface area contributed by atoms with E-state index in [2.05, 4.69) is 15.0 Å². The zero-order valence-electron chi connectivity index (χ0n) is 11.3. The van der Waals surface area contributed by atoms with E-state index in [0.717, 1.165) is 11.4 Å². The average Bonchev–Trinajstić information content (AvgIpc) is 3.03. The molecule has 0 spiro atoms. The number of aromatic nitrogens is 1. The lowest BCUT2D eigenvalue weighted by Crippen LogP contribution is -2.23. The summed E-state index contributed by atoms with van der Waals surface area (Å²) in [6.07, 6.45) is 1.64. The molecule has 2 heterocycles. The molecule has 0 amide bonds. The smallest absolute Gasteiger partial charge is 0.244 e. The van der Waals surface area contributed by atoms with Gasteiger partial charge in [0.2, 0.25) is 10.0 Å². The van der Waals surface area contributed by atoms with Crippen LogP contribution in [0.1, 0.15) is 23.3 Å². The molecular weight excluding hydrogens is 298 g/mol. The number of hydrogen-bond donors (Lipinski definition) is 2. The summed E-state index contributed by atoms with van der Waals surface area (Å²) in [7, 11) is -3.56. The molecule has 0 aliphatic rings. The summed E-state index contributed by atoms with van der Waals surface area (Å²) >= 11 is 1.41. The Morgan fingerprint density at radius 1 is 1.40 bits per heavy atom. The first kappa shape index (κ1) is 15.2. The highest BCUT2D eigenvalue weighted by Gasteiger charge is 2.21. The van der Waals surface area contributed by atoms with Gasteiger partial charge >= 0.3 is 0 Å². The van der Waals surface area contributed by atoms with Crippen molar-refractivity contribution in [1.29, 1.82) is 0 Å². The summed E-state index contributed by atoms with van der Waals surface area (Å²) in [5.74, 6) is 1.01. The molecule has 110 valence electrons. The van der Waals surface area contributed by atoms with Crippen molar-refractivity contribution in [3.8, 4) is 0 Å². The van der Waals surface area contributed by atoms with Gasteiger partial charge in [0.1, 0.15) is 16.4 Å². The molecule has 0 aliphatic carbocycles. The molecule has 6 nitrogen and oxygen atoms in total.